The fourth-order valence-electron chi connectivity index (χ4n) is 4.40. The minimum absolute atomic E-state index is 0.399. The van der Waals surface area contributed by atoms with Crippen LogP contribution in [0.4, 0.5) is 0 Å². The Morgan fingerprint density at radius 1 is 0.457 bits per heavy atom. The van der Waals surface area contributed by atoms with Gasteiger partial charge in [-0.15, -0.1) is 0 Å². The Balaban J connectivity index is 1.61. The van der Waals surface area contributed by atoms with E-state index in [0.717, 1.165) is 32.5 Å². The van der Waals surface area contributed by atoms with E-state index in [2.05, 4.69) is 12.2 Å². The summed E-state index contributed by atoms with van der Waals surface area (Å²) in [5, 5.41) is 3.34. The van der Waals surface area contributed by atoms with Crippen molar-refractivity contribution >= 4 is 0 Å². The molecule has 0 atom stereocenters. The van der Waals surface area contributed by atoms with Gasteiger partial charge in [-0.1, -0.05) is 90.4 Å². The molecule has 0 amide bonds. The highest BCUT2D eigenvalue weighted by atomic mass is 16.6. The molecule has 6 nitrogen and oxygen atoms in total. The van der Waals surface area contributed by atoms with E-state index in [1.165, 1.54) is 89.9 Å². The van der Waals surface area contributed by atoms with Gasteiger partial charge in [0.2, 0.25) is 0 Å². The molecule has 0 spiro atoms. The average Bonchev–Trinajstić information content (AvgIpc) is 2.89. The zero-order valence-corrected chi connectivity index (χ0v) is 23.2. The van der Waals surface area contributed by atoms with Gasteiger partial charge in [-0.25, -0.2) is 0 Å². The second-order valence-electron chi connectivity index (χ2n) is 9.87. The molecule has 0 saturated carbocycles. The van der Waals surface area contributed by atoms with Crippen LogP contribution in [0.3, 0.4) is 0 Å². The molecule has 0 aromatic carbocycles. The smallest absolute Gasteiger partial charge is 0.0704 e. The van der Waals surface area contributed by atoms with Crippen molar-refractivity contribution in [2.45, 2.75) is 116 Å². The summed E-state index contributed by atoms with van der Waals surface area (Å²) in [7, 11) is 0. The molecule has 1 saturated heterocycles. The molecule has 1 rings (SSSR count). The topological polar surface area (TPSA) is 58.2 Å². The second kappa shape index (κ2) is 28.3. The summed E-state index contributed by atoms with van der Waals surface area (Å²) in [6.45, 7) is 10.3. The highest BCUT2D eigenvalue weighted by molar-refractivity contribution is 4.67. The van der Waals surface area contributed by atoms with E-state index in [-0.39, 0.29) is 0 Å². The van der Waals surface area contributed by atoms with Gasteiger partial charge in [0.1, 0.15) is 0 Å². The van der Waals surface area contributed by atoms with Crippen LogP contribution in [0.1, 0.15) is 110 Å². The van der Waals surface area contributed by atoms with Gasteiger partial charge >= 0.3 is 0 Å². The van der Waals surface area contributed by atoms with E-state index in [1.807, 2.05) is 0 Å². The first kappa shape index (κ1) is 32.8. The first-order valence-electron chi connectivity index (χ1n) is 15.1. The maximum atomic E-state index is 5.80. The zero-order valence-electron chi connectivity index (χ0n) is 23.2. The Labute approximate surface area is 217 Å². The minimum Gasteiger partial charge on any atom is -0.379 e. The molecule has 1 heterocycles. The molecule has 6 heteroatoms. The Bertz CT molecular complexity index is 393. The molecule has 0 aromatic heterocycles. The number of rotatable bonds is 28. The van der Waals surface area contributed by atoms with Gasteiger partial charge in [0, 0.05) is 6.61 Å². The van der Waals surface area contributed by atoms with Gasteiger partial charge in [0.05, 0.1) is 59.0 Å². The zero-order chi connectivity index (χ0) is 24.9. The third kappa shape index (κ3) is 25.2. The Morgan fingerprint density at radius 3 is 1.29 bits per heavy atom. The van der Waals surface area contributed by atoms with Crippen molar-refractivity contribution in [3.05, 3.63) is 0 Å². The van der Waals surface area contributed by atoms with Crippen LogP contribution in [0, 0.1) is 0 Å². The van der Waals surface area contributed by atoms with Crippen LogP contribution in [0.25, 0.3) is 0 Å². The summed E-state index contributed by atoms with van der Waals surface area (Å²) in [6.07, 6.45) is 22.1. The van der Waals surface area contributed by atoms with Gasteiger partial charge < -0.3 is 29.0 Å². The maximum Gasteiger partial charge on any atom is 0.0704 e. The summed E-state index contributed by atoms with van der Waals surface area (Å²) < 4.78 is 28.1. The molecule has 1 fully saturated rings. The third-order valence-electron chi connectivity index (χ3n) is 6.63. The van der Waals surface area contributed by atoms with Crippen LogP contribution in [0.15, 0.2) is 0 Å². The van der Waals surface area contributed by atoms with Crippen LogP contribution in [-0.2, 0) is 23.7 Å². The van der Waals surface area contributed by atoms with E-state index in [0.29, 0.717) is 59.0 Å². The third-order valence-corrected chi connectivity index (χ3v) is 6.63. The molecule has 1 N–H and O–H groups in total. The molecule has 1 aliphatic heterocycles. The van der Waals surface area contributed by atoms with Crippen molar-refractivity contribution in [1.82, 2.24) is 5.32 Å². The molecule has 210 valence electrons. The highest BCUT2D eigenvalue weighted by Crippen LogP contribution is 2.13. The summed E-state index contributed by atoms with van der Waals surface area (Å²) in [4.78, 5) is 0. The van der Waals surface area contributed by atoms with Crippen molar-refractivity contribution in [1.29, 1.82) is 0 Å². The molecular weight excluding hydrogens is 442 g/mol. The number of piperidine rings is 1. The molecule has 0 bridgehead atoms. The fraction of sp³-hybridized carbons (Fsp3) is 1.00. The van der Waals surface area contributed by atoms with Crippen molar-refractivity contribution < 1.29 is 23.7 Å². The van der Waals surface area contributed by atoms with Crippen LogP contribution in [0.5, 0.6) is 0 Å². The molecule has 1 aliphatic rings. The Morgan fingerprint density at radius 2 is 0.829 bits per heavy atom. The molecular formula is C29H59NO5. The van der Waals surface area contributed by atoms with Crippen molar-refractivity contribution in [3.63, 3.8) is 0 Å². The van der Waals surface area contributed by atoms with Crippen molar-refractivity contribution in [2.75, 3.05) is 72.6 Å². The number of hydrogen-bond acceptors (Lipinski definition) is 6. The van der Waals surface area contributed by atoms with Gasteiger partial charge in [-0.3, -0.25) is 0 Å². The first-order chi connectivity index (χ1) is 17.4. The standard InChI is InChI=1S/C29H59NO5/c1-2-3-4-5-6-7-8-9-10-11-12-13-14-15-20-31-21-22-32-23-24-33-25-26-34-27-28-35-29-16-18-30-19-17-29/h29-30H,2-28H2,1H3. The summed E-state index contributed by atoms with van der Waals surface area (Å²) >= 11 is 0. The lowest BCUT2D eigenvalue weighted by atomic mass is 10.0. The Kier molecular flexibility index (Phi) is 26.5. The predicted octanol–water partition coefficient (Wildman–Crippen LogP) is 6.30. The normalized spacial score (nSPS) is 14.7. The SMILES string of the molecule is CCCCCCCCCCCCCCCCOCCOCCOCCOCCOC1CCNCC1. The van der Waals surface area contributed by atoms with Crippen LogP contribution in [-0.4, -0.2) is 78.7 Å². The van der Waals surface area contributed by atoms with Gasteiger partial charge in [0.25, 0.3) is 0 Å². The highest BCUT2D eigenvalue weighted by Gasteiger charge is 2.12. The van der Waals surface area contributed by atoms with Crippen LogP contribution in [0.2, 0.25) is 0 Å². The number of hydrogen-bond donors (Lipinski definition) is 1. The molecule has 0 radical (unpaired) electrons. The van der Waals surface area contributed by atoms with Crippen LogP contribution < -0.4 is 5.32 Å². The summed E-state index contributed by atoms with van der Waals surface area (Å²) in [5.74, 6) is 0. The number of nitrogens with one attached hydrogen (secondary N) is 1. The molecule has 0 aliphatic carbocycles. The van der Waals surface area contributed by atoms with Crippen LogP contribution >= 0.6 is 0 Å². The number of unbranched alkanes of at least 4 members (excludes halogenated alkanes) is 13. The molecule has 35 heavy (non-hydrogen) atoms. The van der Waals surface area contributed by atoms with E-state index < -0.39 is 0 Å². The summed E-state index contributed by atoms with van der Waals surface area (Å²) in [6, 6.07) is 0. The van der Waals surface area contributed by atoms with E-state index >= 15 is 0 Å². The lowest BCUT2D eigenvalue weighted by Gasteiger charge is -2.22. The van der Waals surface area contributed by atoms with Crippen molar-refractivity contribution in [3.8, 4) is 0 Å². The van der Waals surface area contributed by atoms with Gasteiger partial charge in [-0.05, 0) is 32.4 Å². The lowest BCUT2D eigenvalue weighted by molar-refractivity contribution is -0.0280. The van der Waals surface area contributed by atoms with Crippen molar-refractivity contribution in [2.24, 2.45) is 0 Å². The van der Waals surface area contributed by atoms with E-state index in [1.54, 1.807) is 0 Å². The van der Waals surface area contributed by atoms with Gasteiger partial charge in [-0.2, -0.15) is 0 Å². The lowest BCUT2D eigenvalue weighted by Crippen LogP contribution is -2.33. The molecule has 0 unspecified atom stereocenters. The van der Waals surface area contributed by atoms with Gasteiger partial charge in [0.15, 0.2) is 0 Å². The minimum atomic E-state index is 0.399. The Hall–Kier alpha value is -0.240. The maximum absolute atomic E-state index is 5.80. The number of ether oxygens (including phenoxy) is 5. The average molecular weight is 502 g/mol. The van der Waals surface area contributed by atoms with E-state index in [4.69, 9.17) is 23.7 Å². The second-order valence-corrected chi connectivity index (χ2v) is 9.87. The van der Waals surface area contributed by atoms with E-state index in [9.17, 15) is 0 Å². The first-order valence-corrected chi connectivity index (χ1v) is 15.1. The molecule has 0 aromatic rings. The predicted molar refractivity (Wildman–Crippen MR) is 145 cm³/mol. The fourth-order valence-corrected chi connectivity index (χ4v) is 4.40. The quantitative estimate of drug-likeness (QED) is 0.127. The monoisotopic (exact) mass is 501 g/mol. The summed E-state index contributed by atoms with van der Waals surface area (Å²) in [5.41, 5.74) is 0. The largest absolute Gasteiger partial charge is 0.379 e.